The van der Waals surface area contributed by atoms with Crippen molar-refractivity contribution in [1.82, 2.24) is 9.55 Å². The van der Waals surface area contributed by atoms with E-state index >= 15 is 0 Å². The average molecular weight is 260 g/mol. The molecule has 0 aliphatic carbocycles. The van der Waals surface area contributed by atoms with E-state index in [9.17, 15) is 14.9 Å². The number of pyridine rings is 2. The van der Waals surface area contributed by atoms with Crippen LogP contribution >= 0.6 is 0 Å². The Morgan fingerprint density at radius 3 is 2.89 bits per heavy atom. The molecule has 0 aliphatic heterocycles. The molecule has 0 fully saturated rings. The predicted octanol–water partition coefficient (Wildman–Crippen LogP) is 1.09. The van der Waals surface area contributed by atoms with Gasteiger partial charge in [-0.2, -0.15) is 0 Å². The number of nitrogens with zero attached hydrogens (tertiary/aromatic N) is 3. The summed E-state index contributed by atoms with van der Waals surface area (Å²) in [6.07, 6.45) is 2.77. The van der Waals surface area contributed by atoms with Crippen molar-refractivity contribution in [1.29, 1.82) is 0 Å². The molecule has 2 aromatic rings. The maximum absolute atomic E-state index is 11.8. The molecule has 7 heteroatoms. The second-order valence-electron chi connectivity index (χ2n) is 4.11. The molecule has 7 nitrogen and oxygen atoms in total. The van der Waals surface area contributed by atoms with Crippen LogP contribution in [0.4, 0.5) is 11.5 Å². The van der Waals surface area contributed by atoms with Crippen LogP contribution in [0.3, 0.4) is 0 Å². The van der Waals surface area contributed by atoms with Crippen molar-refractivity contribution >= 4 is 11.5 Å². The Morgan fingerprint density at radius 2 is 2.26 bits per heavy atom. The van der Waals surface area contributed by atoms with Gasteiger partial charge in [-0.1, -0.05) is 6.07 Å². The van der Waals surface area contributed by atoms with Gasteiger partial charge in [0.05, 0.1) is 17.7 Å². The lowest BCUT2D eigenvalue weighted by Crippen LogP contribution is -2.21. The molecule has 0 atom stereocenters. The smallest absolute Gasteiger partial charge is 0.288 e. The van der Waals surface area contributed by atoms with Crippen LogP contribution in [0.5, 0.6) is 0 Å². The standard InChI is InChI=1S/C12H12N4O3/c1-8-5-11(17)15(7-10(8)16(18)19)6-9-3-2-4-14-12(9)13/h2-5,7H,6H2,1H3,(H2,13,14). The summed E-state index contributed by atoms with van der Waals surface area (Å²) in [6, 6.07) is 4.66. The minimum Gasteiger partial charge on any atom is -0.383 e. The van der Waals surface area contributed by atoms with Gasteiger partial charge < -0.3 is 10.3 Å². The third-order valence-corrected chi connectivity index (χ3v) is 2.77. The predicted molar refractivity (Wildman–Crippen MR) is 69.8 cm³/mol. The lowest BCUT2D eigenvalue weighted by molar-refractivity contribution is -0.385. The number of nitrogen functional groups attached to an aromatic ring is 1. The van der Waals surface area contributed by atoms with Crippen molar-refractivity contribution in [2.75, 3.05) is 5.73 Å². The van der Waals surface area contributed by atoms with Crippen LogP contribution in [0, 0.1) is 17.0 Å². The van der Waals surface area contributed by atoms with Crippen molar-refractivity contribution in [3.8, 4) is 0 Å². The largest absolute Gasteiger partial charge is 0.383 e. The second-order valence-corrected chi connectivity index (χ2v) is 4.11. The lowest BCUT2D eigenvalue weighted by Gasteiger charge is -2.08. The Morgan fingerprint density at radius 1 is 1.53 bits per heavy atom. The van der Waals surface area contributed by atoms with Gasteiger partial charge in [-0.15, -0.1) is 0 Å². The summed E-state index contributed by atoms with van der Waals surface area (Å²) < 4.78 is 1.25. The molecule has 0 spiro atoms. The van der Waals surface area contributed by atoms with Gasteiger partial charge in [-0.05, 0) is 13.0 Å². The topological polar surface area (TPSA) is 104 Å². The summed E-state index contributed by atoms with van der Waals surface area (Å²) in [4.78, 5) is 26.1. The van der Waals surface area contributed by atoms with Crippen LogP contribution in [-0.4, -0.2) is 14.5 Å². The van der Waals surface area contributed by atoms with E-state index in [-0.39, 0.29) is 17.8 Å². The molecule has 0 saturated carbocycles. The first-order chi connectivity index (χ1) is 8.99. The van der Waals surface area contributed by atoms with Crippen molar-refractivity contribution in [3.05, 3.63) is 62.2 Å². The minimum absolute atomic E-state index is 0.0953. The maximum Gasteiger partial charge on any atom is 0.288 e. The number of rotatable bonds is 3. The van der Waals surface area contributed by atoms with Gasteiger partial charge in [-0.3, -0.25) is 14.9 Å². The molecular weight excluding hydrogens is 248 g/mol. The monoisotopic (exact) mass is 260 g/mol. The van der Waals surface area contributed by atoms with E-state index in [1.54, 1.807) is 18.3 Å². The van der Waals surface area contributed by atoms with E-state index in [1.807, 2.05) is 0 Å². The Kier molecular flexibility index (Phi) is 3.28. The molecule has 0 aliphatic rings. The van der Waals surface area contributed by atoms with E-state index < -0.39 is 4.92 Å². The SMILES string of the molecule is Cc1cc(=O)n(Cc2cccnc2N)cc1[N+](=O)[O-]. The van der Waals surface area contributed by atoms with Gasteiger partial charge in [0.15, 0.2) is 0 Å². The molecule has 0 bridgehead atoms. The zero-order valence-electron chi connectivity index (χ0n) is 10.2. The number of hydrogen-bond donors (Lipinski definition) is 1. The third-order valence-electron chi connectivity index (χ3n) is 2.77. The Labute approximate surface area is 108 Å². The number of aromatic nitrogens is 2. The summed E-state index contributed by atoms with van der Waals surface area (Å²) in [5.41, 5.74) is 6.26. The van der Waals surface area contributed by atoms with Gasteiger partial charge in [0, 0.05) is 23.4 Å². The molecule has 0 radical (unpaired) electrons. The number of hydrogen-bond acceptors (Lipinski definition) is 5. The molecule has 2 N–H and O–H groups in total. The van der Waals surface area contributed by atoms with Gasteiger partial charge in [0.2, 0.25) is 0 Å². The Balaban J connectivity index is 2.46. The molecule has 19 heavy (non-hydrogen) atoms. The first-order valence-corrected chi connectivity index (χ1v) is 5.54. The highest BCUT2D eigenvalue weighted by Crippen LogP contribution is 2.15. The lowest BCUT2D eigenvalue weighted by atomic mass is 10.2. The fourth-order valence-electron chi connectivity index (χ4n) is 1.74. The molecule has 0 aromatic carbocycles. The van der Waals surface area contributed by atoms with Crippen LogP contribution in [0.15, 0.2) is 35.4 Å². The first-order valence-electron chi connectivity index (χ1n) is 5.54. The van der Waals surface area contributed by atoms with E-state index in [0.29, 0.717) is 16.9 Å². The highest BCUT2D eigenvalue weighted by molar-refractivity contribution is 5.40. The number of anilines is 1. The Bertz CT molecular complexity index is 694. The maximum atomic E-state index is 11.8. The Hall–Kier alpha value is -2.70. The number of nitrogens with two attached hydrogens (primary N) is 1. The zero-order valence-corrected chi connectivity index (χ0v) is 10.2. The van der Waals surface area contributed by atoms with Crippen LogP contribution in [0.1, 0.15) is 11.1 Å². The molecule has 0 unspecified atom stereocenters. The van der Waals surface area contributed by atoms with Crippen LogP contribution in [0.25, 0.3) is 0 Å². The summed E-state index contributed by atoms with van der Waals surface area (Å²) in [6.45, 7) is 1.68. The van der Waals surface area contributed by atoms with E-state index in [0.717, 1.165) is 0 Å². The fourth-order valence-corrected chi connectivity index (χ4v) is 1.74. The molecule has 98 valence electrons. The molecule has 2 rings (SSSR count). The van der Waals surface area contributed by atoms with Crippen molar-refractivity contribution < 1.29 is 4.92 Å². The van der Waals surface area contributed by atoms with Gasteiger partial charge in [0.1, 0.15) is 5.82 Å². The molecule has 2 aromatic heterocycles. The summed E-state index contributed by atoms with van der Waals surface area (Å²) in [7, 11) is 0. The van der Waals surface area contributed by atoms with Crippen molar-refractivity contribution in [2.24, 2.45) is 0 Å². The van der Waals surface area contributed by atoms with Crippen LogP contribution in [-0.2, 0) is 6.54 Å². The highest BCUT2D eigenvalue weighted by Gasteiger charge is 2.13. The first kappa shape index (κ1) is 12.7. The average Bonchev–Trinajstić information content (AvgIpc) is 2.34. The molecule has 0 amide bonds. The second kappa shape index (κ2) is 4.89. The number of nitro groups is 1. The normalized spacial score (nSPS) is 10.4. The highest BCUT2D eigenvalue weighted by atomic mass is 16.6. The van der Waals surface area contributed by atoms with Crippen LogP contribution in [0.2, 0.25) is 0 Å². The fraction of sp³-hybridized carbons (Fsp3) is 0.167. The van der Waals surface area contributed by atoms with Gasteiger partial charge in [0.25, 0.3) is 11.2 Å². The van der Waals surface area contributed by atoms with Gasteiger partial charge >= 0.3 is 0 Å². The molecule has 2 heterocycles. The number of aryl methyl sites for hydroxylation is 1. The zero-order chi connectivity index (χ0) is 14.0. The van der Waals surface area contributed by atoms with Gasteiger partial charge in [-0.25, -0.2) is 4.98 Å². The van der Waals surface area contributed by atoms with E-state index in [4.69, 9.17) is 5.73 Å². The summed E-state index contributed by atoms with van der Waals surface area (Å²) >= 11 is 0. The van der Waals surface area contributed by atoms with E-state index in [2.05, 4.69) is 4.98 Å². The van der Waals surface area contributed by atoms with Crippen molar-refractivity contribution in [3.63, 3.8) is 0 Å². The molecular formula is C12H12N4O3. The van der Waals surface area contributed by atoms with E-state index in [1.165, 1.54) is 23.8 Å². The summed E-state index contributed by atoms with van der Waals surface area (Å²) in [5.74, 6) is 0.303. The molecule has 0 saturated heterocycles. The van der Waals surface area contributed by atoms with Crippen molar-refractivity contribution in [2.45, 2.75) is 13.5 Å². The minimum atomic E-state index is -0.516. The quantitative estimate of drug-likeness (QED) is 0.657. The van der Waals surface area contributed by atoms with Crippen LogP contribution < -0.4 is 11.3 Å². The summed E-state index contributed by atoms with van der Waals surface area (Å²) in [5, 5.41) is 10.9. The third kappa shape index (κ3) is 2.59.